The third-order valence-electron chi connectivity index (χ3n) is 9.35. The number of ether oxygens (including phenoxy) is 5. The van der Waals surface area contributed by atoms with E-state index >= 15 is 0 Å². The molecule has 2 heterocycles. The molecule has 4 aromatic carbocycles. The number of aliphatic carboxylic acids is 1. The molecule has 17 heteroatoms. The molecule has 2 atom stereocenters. The van der Waals surface area contributed by atoms with Crippen molar-refractivity contribution < 1.29 is 51.6 Å². The lowest BCUT2D eigenvalue weighted by Crippen LogP contribution is -2.37. The molecule has 4 N–H and O–H groups in total. The van der Waals surface area contributed by atoms with Crippen LogP contribution in [0.15, 0.2) is 102 Å². The van der Waals surface area contributed by atoms with Gasteiger partial charge in [0, 0.05) is 53.5 Å². The van der Waals surface area contributed by atoms with Gasteiger partial charge in [0.25, 0.3) is 10.0 Å². The molecule has 5 aromatic rings. The smallest absolute Gasteiger partial charge is 0.323 e. The molecule has 0 radical (unpaired) electrons. The van der Waals surface area contributed by atoms with Gasteiger partial charge in [-0.1, -0.05) is 55.6 Å². The summed E-state index contributed by atoms with van der Waals surface area (Å²) in [7, 11) is -1.26. The number of hydroxylamine groups is 1. The first kappa shape index (κ1) is 43.6. The van der Waals surface area contributed by atoms with Crippen molar-refractivity contribution in [1.29, 1.82) is 0 Å². The van der Waals surface area contributed by atoms with Crippen LogP contribution >= 0.6 is 0 Å². The largest absolute Gasteiger partial charge is 0.497 e. The van der Waals surface area contributed by atoms with Crippen LogP contribution in [0.1, 0.15) is 27.2 Å². The minimum atomic E-state index is -4.10. The van der Waals surface area contributed by atoms with Crippen molar-refractivity contribution in [3.63, 3.8) is 0 Å². The Morgan fingerprint density at radius 2 is 1.70 bits per heavy atom. The van der Waals surface area contributed by atoms with Crippen molar-refractivity contribution >= 4 is 55.7 Å². The van der Waals surface area contributed by atoms with Crippen LogP contribution < -0.4 is 30.2 Å². The second kappa shape index (κ2) is 18.9. The second-order valence-corrected chi connectivity index (χ2v) is 17.0. The number of hydrogen-bond donors (Lipinski definition) is 3. The molecular formula is C43H49N5O11S. The molecule has 318 valence electrons. The van der Waals surface area contributed by atoms with Crippen LogP contribution in [0.5, 0.6) is 23.0 Å². The van der Waals surface area contributed by atoms with E-state index in [1.165, 1.54) is 24.1 Å². The summed E-state index contributed by atoms with van der Waals surface area (Å²) in [5, 5.41) is 13.7. The molecule has 60 heavy (non-hydrogen) atoms. The zero-order valence-corrected chi connectivity index (χ0v) is 34.8. The third-order valence-corrected chi connectivity index (χ3v) is 11.0. The highest BCUT2D eigenvalue weighted by molar-refractivity contribution is 7.89. The fourth-order valence-corrected chi connectivity index (χ4v) is 8.06. The van der Waals surface area contributed by atoms with Gasteiger partial charge in [-0.15, -0.1) is 0 Å². The standard InChI is InChI=1S/C43H49N5O11S/c1-43(2,3)27-47(55-5)60(52,53)35-10-8-9-30(22-35)48(42(44)51)38-13-14-39(37-12-7-6-11-36(37)38)59-31-15-16-45-40(24-31)46-29-20-32(54-4)23-33(21-29)57-18-17-56-26-34-19-28(25-58-34)41(49)50/h6-16,20-24,28,34H,17-19,25-27H2,1-5H3,(H2,44,51)(H,45,46)(H,49,50). The number of carboxylic acids is 1. The first-order valence-electron chi connectivity index (χ1n) is 19.1. The number of sulfonamides is 1. The minimum Gasteiger partial charge on any atom is -0.497 e. The summed E-state index contributed by atoms with van der Waals surface area (Å²) in [6.07, 6.45) is 1.76. The normalized spacial score (nSPS) is 15.5. The first-order valence-corrected chi connectivity index (χ1v) is 20.5. The van der Waals surface area contributed by atoms with Gasteiger partial charge in [0.05, 0.1) is 62.3 Å². The summed E-state index contributed by atoms with van der Waals surface area (Å²) in [4.78, 5) is 35.2. The van der Waals surface area contributed by atoms with E-state index in [9.17, 15) is 18.0 Å². The van der Waals surface area contributed by atoms with Gasteiger partial charge in [-0.3, -0.25) is 14.5 Å². The Hall–Kier alpha value is -5.98. The first-order chi connectivity index (χ1) is 28.6. The summed E-state index contributed by atoms with van der Waals surface area (Å²) >= 11 is 0. The van der Waals surface area contributed by atoms with Gasteiger partial charge in [-0.05, 0) is 48.2 Å². The number of carbonyl (C=O) groups excluding carboxylic acids is 1. The summed E-state index contributed by atoms with van der Waals surface area (Å²) in [6, 6.07) is 24.6. The average Bonchev–Trinajstić information content (AvgIpc) is 3.70. The van der Waals surface area contributed by atoms with Crippen LogP contribution in [0.4, 0.5) is 27.7 Å². The van der Waals surface area contributed by atoms with E-state index in [2.05, 4.69) is 10.3 Å². The summed E-state index contributed by atoms with van der Waals surface area (Å²) in [5.74, 6) is 1.11. The van der Waals surface area contributed by atoms with Gasteiger partial charge < -0.3 is 39.8 Å². The topological polar surface area (TPSA) is 201 Å². The van der Waals surface area contributed by atoms with E-state index in [4.69, 9.17) is 39.4 Å². The fraction of sp³-hybridized carbons (Fsp3) is 0.326. The molecule has 1 aromatic heterocycles. The number of fused-ring (bicyclic) bond motifs is 1. The van der Waals surface area contributed by atoms with E-state index in [0.29, 0.717) is 57.4 Å². The molecule has 6 rings (SSSR count). The molecule has 1 fully saturated rings. The fourth-order valence-electron chi connectivity index (χ4n) is 6.55. The van der Waals surface area contributed by atoms with Crippen LogP contribution in [0.25, 0.3) is 10.8 Å². The highest BCUT2D eigenvalue weighted by atomic mass is 32.2. The number of benzene rings is 4. The number of hydrogen-bond acceptors (Lipinski definition) is 12. The molecular weight excluding hydrogens is 795 g/mol. The lowest BCUT2D eigenvalue weighted by Gasteiger charge is -2.28. The van der Waals surface area contributed by atoms with Crippen molar-refractivity contribution in [2.45, 2.75) is 38.2 Å². The van der Waals surface area contributed by atoms with E-state index in [1.807, 2.05) is 45.0 Å². The number of aromatic nitrogens is 1. The van der Waals surface area contributed by atoms with Crippen LogP contribution in [0, 0.1) is 11.3 Å². The van der Waals surface area contributed by atoms with Gasteiger partial charge in [0.15, 0.2) is 0 Å². The Balaban J connectivity index is 1.17. The monoisotopic (exact) mass is 843 g/mol. The van der Waals surface area contributed by atoms with Gasteiger partial charge in [-0.2, -0.15) is 0 Å². The maximum atomic E-state index is 13.6. The molecule has 0 spiro atoms. The maximum Gasteiger partial charge on any atom is 0.323 e. The Morgan fingerprint density at radius 1 is 0.933 bits per heavy atom. The van der Waals surface area contributed by atoms with Gasteiger partial charge >= 0.3 is 12.0 Å². The number of carboxylic acid groups (broad SMARTS) is 1. The summed E-state index contributed by atoms with van der Waals surface area (Å²) in [5.41, 5.74) is 6.87. The Bertz CT molecular complexity index is 2420. The van der Waals surface area contributed by atoms with E-state index in [1.54, 1.807) is 67.9 Å². The SMILES string of the molecule is COc1cc(Nc2cc(Oc3ccc(N(C(N)=O)c4cccc(S(=O)(=O)N(CC(C)(C)C)OC)c4)c4ccccc34)ccn2)cc(OCCOCC2CC(C(=O)O)CO2)c1. The van der Waals surface area contributed by atoms with Crippen LogP contribution in [-0.4, -0.2) is 88.3 Å². The number of anilines is 4. The van der Waals surface area contributed by atoms with Crippen LogP contribution in [0.3, 0.4) is 0 Å². The Labute approximate surface area is 348 Å². The molecule has 0 saturated carbocycles. The molecule has 1 aliphatic heterocycles. The number of carbonyl (C=O) groups is 2. The number of rotatable bonds is 18. The van der Waals surface area contributed by atoms with Gasteiger partial charge in [0.2, 0.25) is 0 Å². The number of methoxy groups -OCH3 is 1. The highest BCUT2D eigenvalue weighted by Gasteiger charge is 2.32. The number of urea groups is 1. The van der Waals surface area contributed by atoms with E-state index in [0.717, 1.165) is 4.47 Å². The zero-order chi connectivity index (χ0) is 43.0. The highest BCUT2D eigenvalue weighted by Crippen LogP contribution is 2.40. The predicted octanol–water partition coefficient (Wildman–Crippen LogP) is 7.48. The predicted molar refractivity (Wildman–Crippen MR) is 225 cm³/mol. The van der Waals surface area contributed by atoms with Gasteiger partial charge in [-0.25, -0.2) is 18.2 Å². The quantitative estimate of drug-likeness (QED) is 0.0580. The molecule has 2 unspecified atom stereocenters. The summed E-state index contributed by atoms with van der Waals surface area (Å²) < 4.78 is 57.2. The number of pyridine rings is 1. The van der Waals surface area contributed by atoms with E-state index in [-0.39, 0.29) is 49.7 Å². The van der Waals surface area contributed by atoms with Gasteiger partial charge in [0.1, 0.15) is 35.4 Å². The summed E-state index contributed by atoms with van der Waals surface area (Å²) in [6.45, 7) is 6.78. The van der Waals surface area contributed by atoms with Crippen LogP contribution in [-0.2, 0) is 29.1 Å². The molecule has 0 bridgehead atoms. The van der Waals surface area contributed by atoms with Crippen molar-refractivity contribution in [3.05, 3.63) is 97.2 Å². The number of amides is 2. The molecule has 2 amide bonds. The zero-order valence-electron chi connectivity index (χ0n) is 34.0. The molecule has 1 saturated heterocycles. The van der Waals surface area contributed by atoms with Crippen LogP contribution in [0.2, 0.25) is 0 Å². The number of primary amides is 1. The molecule has 16 nitrogen and oxygen atoms in total. The van der Waals surface area contributed by atoms with Crippen molar-refractivity contribution in [1.82, 2.24) is 9.45 Å². The molecule has 1 aliphatic rings. The van der Waals surface area contributed by atoms with E-state index < -0.39 is 33.4 Å². The Morgan fingerprint density at radius 3 is 2.40 bits per heavy atom. The number of nitrogens with one attached hydrogen (secondary N) is 1. The lowest BCUT2D eigenvalue weighted by atomic mass is 9.98. The Kier molecular flexibility index (Phi) is 13.8. The number of nitrogens with zero attached hydrogens (tertiary/aromatic N) is 3. The van der Waals surface area contributed by atoms with Crippen molar-refractivity contribution in [2.24, 2.45) is 17.1 Å². The molecule has 0 aliphatic carbocycles. The number of nitrogens with two attached hydrogens (primary N) is 1. The minimum absolute atomic E-state index is 0.0726. The average molecular weight is 844 g/mol. The van der Waals surface area contributed by atoms with Crippen molar-refractivity contribution in [3.8, 4) is 23.0 Å². The second-order valence-electron chi connectivity index (χ2n) is 15.2. The lowest BCUT2D eigenvalue weighted by molar-refractivity contribution is -0.141. The third kappa shape index (κ3) is 10.8. The maximum absolute atomic E-state index is 13.6. The van der Waals surface area contributed by atoms with Crippen molar-refractivity contribution in [2.75, 3.05) is 57.4 Å².